The van der Waals surface area contributed by atoms with Gasteiger partial charge in [0.15, 0.2) is 0 Å². The maximum absolute atomic E-state index is 11.7. The third-order valence-corrected chi connectivity index (χ3v) is 2.09. The Labute approximate surface area is 103 Å². The molecule has 0 unspecified atom stereocenters. The number of hydrogen-bond acceptors (Lipinski definition) is 4. The van der Waals surface area contributed by atoms with Crippen molar-refractivity contribution in [1.82, 2.24) is 20.6 Å². The van der Waals surface area contributed by atoms with E-state index < -0.39 is 24.5 Å². The molecule has 18 heavy (non-hydrogen) atoms. The maximum atomic E-state index is 11.7. The second kappa shape index (κ2) is 6.38. The predicted molar refractivity (Wildman–Crippen MR) is 60.5 cm³/mol. The molecule has 1 aromatic heterocycles. The number of H-pyrrole nitrogens is 1. The quantitative estimate of drug-likeness (QED) is 0.500. The van der Waals surface area contributed by atoms with Crippen LogP contribution in [0.15, 0.2) is 12.5 Å². The highest BCUT2D eigenvalue weighted by atomic mass is 16.4. The monoisotopic (exact) mass is 254 g/mol. The van der Waals surface area contributed by atoms with Crippen molar-refractivity contribution < 1.29 is 19.5 Å². The van der Waals surface area contributed by atoms with E-state index >= 15 is 0 Å². The minimum absolute atomic E-state index is 0.213. The average Bonchev–Trinajstić information content (AvgIpc) is 2.77. The van der Waals surface area contributed by atoms with Gasteiger partial charge in [0.25, 0.3) is 0 Å². The second-order valence-electron chi connectivity index (χ2n) is 3.65. The number of carbonyl (C=O) groups is 3. The zero-order valence-corrected chi connectivity index (χ0v) is 9.77. The van der Waals surface area contributed by atoms with Gasteiger partial charge in [-0.05, 0) is 0 Å². The molecule has 2 amide bonds. The van der Waals surface area contributed by atoms with Crippen molar-refractivity contribution in [3.63, 3.8) is 0 Å². The van der Waals surface area contributed by atoms with Crippen LogP contribution in [-0.4, -0.2) is 45.4 Å². The second-order valence-corrected chi connectivity index (χ2v) is 3.65. The summed E-state index contributed by atoms with van der Waals surface area (Å²) in [5.74, 6) is -2.07. The predicted octanol–water partition coefficient (Wildman–Crippen LogP) is -1.34. The molecule has 98 valence electrons. The van der Waals surface area contributed by atoms with Crippen LogP contribution in [0.25, 0.3) is 0 Å². The number of aromatic amines is 1. The molecule has 0 aliphatic carbocycles. The van der Waals surface area contributed by atoms with Crippen LogP contribution in [0.2, 0.25) is 0 Å². The Morgan fingerprint density at radius 3 is 2.72 bits per heavy atom. The summed E-state index contributed by atoms with van der Waals surface area (Å²) in [5, 5.41) is 13.1. The zero-order chi connectivity index (χ0) is 13.5. The molecule has 0 bridgehead atoms. The smallest absolute Gasteiger partial charge is 0.322 e. The van der Waals surface area contributed by atoms with E-state index in [-0.39, 0.29) is 12.3 Å². The minimum Gasteiger partial charge on any atom is -0.480 e. The normalized spacial score (nSPS) is 11.6. The Hall–Kier alpha value is -2.38. The number of imidazole rings is 1. The van der Waals surface area contributed by atoms with E-state index in [1.54, 1.807) is 0 Å². The molecule has 0 radical (unpaired) electrons. The number of rotatable bonds is 6. The Kier molecular flexibility index (Phi) is 4.85. The number of amides is 2. The number of nitrogens with one attached hydrogen (secondary N) is 3. The van der Waals surface area contributed by atoms with Crippen LogP contribution in [-0.2, 0) is 20.8 Å². The lowest BCUT2D eigenvalue weighted by Gasteiger charge is -2.16. The van der Waals surface area contributed by atoms with Crippen molar-refractivity contribution >= 4 is 17.8 Å². The van der Waals surface area contributed by atoms with Crippen molar-refractivity contribution in [2.75, 3.05) is 6.54 Å². The van der Waals surface area contributed by atoms with Gasteiger partial charge in [0.05, 0.1) is 6.33 Å². The highest BCUT2D eigenvalue weighted by Crippen LogP contribution is 1.98. The average molecular weight is 254 g/mol. The summed E-state index contributed by atoms with van der Waals surface area (Å²) >= 11 is 0. The van der Waals surface area contributed by atoms with Crippen molar-refractivity contribution in [2.45, 2.75) is 19.4 Å². The molecule has 8 nitrogen and oxygen atoms in total. The molecule has 1 atom stereocenters. The van der Waals surface area contributed by atoms with E-state index in [0.717, 1.165) is 0 Å². The number of nitrogens with zero attached hydrogens (tertiary/aromatic N) is 1. The van der Waals surface area contributed by atoms with Gasteiger partial charge >= 0.3 is 5.97 Å². The van der Waals surface area contributed by atoms with Crippen LogP contribution >= 0.6 is 0 Å². The molecule has 0 aliphatic heterocycles. The van der Waals surface area contributed by atoms with Crippen LogP contribution < -0.4 is 10.6 Å². The minimum atomic E-state index is -1.15. The third-order valence-electron chi connectivity index (χ3n) is 2.09. The topological polar surface area (TPSA) is 124 Å². The van der Waals surface area contributed by atoms with Crippen molar-refractivity contribution in [2.24, 2.45) is 0 Å². The van der Waals surface area contributed by atoms with E-state index in [2.05, 4.69) is 20.6 Å². The number of hydrogen-bond donors (Lipinski definition) is 4. The summed E-state index contributed by atoms with van der Waals surface area (Å²) in [7, 11) is 0. The zero-order valence-electron chi connectivity index (χ0n) is 9.77. The van der Waals surface area contributed by atoms with Gasteiger partial charge in [-0.1, -0.05) is 0 Å². The van der Waals surface area contributed by atoms with Crippen LogP contribution in [0.3, 0.4) is 0 Å². The lowest BCUT2D eigenvalue weighted by Crippen LogP contribution is -2.48. The SMILES string of the molecule is CC(=O)N[C@@H](Cc1cnc[nH]1)C(=O)NCC(=O)O. The molecule has 0 aliphatic rings. The molecule has 4 N–H and O–H groups in total. The molecular formula is C10H14N4O4. The molecule has 8 heteroatoms. The van der Waals surface area contributed by atoms with Gasteiger partial charge in [-0.15, -0.1) is 0 Å². The fourth-order valence-corrected chi connectivity index (χ4v) is 1.36. The fourth-order valence-electron chi connectivity index (χ4n) is 1.36. The van der Waals surface area contributed by atoms with Gasteiger partial charge < -0.3 is 20.7 Å². The fraction of sp³-hybridized carbons (Fsp3) is 0.400. The molecule has 1 heterocycles. The first kappa shape index (κ1) is 13.7. The lowest BCUT2D eigenvalue weighted by molar-refractivity contribution is -0.138. The first-order valence-corrected chi connectivity index (χ1v) is 5.23. The van der Waals surface area contributed by atoms with Gasteiger partial charge in [-0.3, -0.25) is 14.4 Å². The van der Waals surface area contributed by atoms with E-state index in [9.17, 15) is 14.4 Å². The summed E-state index contributed by atoms with van der Waals surface area (Å²) in [4.78, 5) is 39.6. The van der Waals surface area contributed by atoms with Gasteiger partial charge in [0.2, 0.25) is 11.8 Å². The summed E-state index contributed by atoms with van der Waals surface area (Å²) in [5.41, 5.74) is 0.666. The standard InChI is InChI=1S/C10H14N4O4/c1-6(15)14-8(2-7-3-11-5-13-7)10(18)12-4-9(16)17/h3,5,8H,2,4H2,1H3,(H,11,13)(H,12,18)(H,14,15)(H,16,17)/t8-/m0/s1. The van der Waals surface area contributed by atoms with Gasteiger partial charge in [-0.2, -0.15) is 0 Å². The molecule has 0 fully saturated rings. The summed E-state index contributed by atoms with van der Waals surface area (Å²) in [6.45, 7) is 0.794. The molecule has 0 saturated carbocycles. The van der Waals surface area contributed by atoms with Crippen LogP contribution in [0.1, 0.15) is 12.6 Å². The number of aromatic nitrogens is 2. The molecule has 0 saturated heterocycles. The first-order chi connectivity index (χ1) is 8.49. The Morgan fingerprint density at radius 2 is 2.22 bits per heavy atom. The molecule has 0 aromatic carbocycles. The Bertz CT molecular complexity index is 429. The lowest BCUT2D eigenvalue weighted by atomic mass is 10.1. The van der Waals surface area contributed by atoms with E-state index in [0.29, 0.717) is 5.69 Å². The molecule has 1 aromatic rings. The van der Waals surface area contributed by atoms with Gasteiger partial charge in [-0.25, -0.2) is 4.98 Å². The van der Waals surface area contributed by atoms with Gasteiger partial charge in [0, 0.05) is 25.2 Å². The van der Waals surface area contributed by atoms with E-state index in [1.165, 1.54) is 19.4 Å². The first-order valence-electron chi connectivity index (χ1n) is 5.23. The molecular weight excluding hydrogens is 240 g/mol. The summed E-state index contributed by atoms with van der Waals surface area (Å²) < 4.78 is 0. The Morgan fingerprint density at radius 1 is 1.50 bits per heavy atom. The van der Waals surface area contributed by atoms with Crippen LogP contribution in [0.5, 0.6) is 0 Å². The number of aliphatic carboxylic acids is 1. The highest BCUT2D eigenvalue weighted by Gasteiger charge is 2.20. The van der Waals surface area contributed by atoms with Crippen LogP contribution in [0, 0.1) is 0 Å². The highest BCUT2D eigenvalue weighted by molar-refractivity contribution is 5.88. The largest absolute Gasteiger partial charge is 0.480 e. The summed E-state index contributed by atoms with van der Waals surface area (Å²) in [6.07, 6.45) is 3.19. The number of carboxylic acids is 1. The number of carboxylic acid groups (broad SMARTS) is 1. The Balaban J connectivity index is 2.62. The van der Waals surface area contributed by atoms with Crippen molar-refractivity contribution in [3.05, 3.63) is 18.2 Å². The van der Waals surface area contributed by atoms with Crippen LogP contribution in [0.4, 0.5) is 0 Å². The number of carbonyl (C=O) groups excluding carboxylic acids is 2. The third kappa shape index (κ3) is 4.64. The molecule has 0 spiro atoms. The molecule has 1 rings (SSSR count). The maximum Gasteiger partial charge on any atom is 0.322 e. The van der Waals surface area contributed by atoms with E-state index in [1.807, 2.05) is 0 Å². The van der Waals surface area contributed by atoms with Crippen molar-refractivity contribution in [1.29, 1.82) is 0 Å². The van der Waals surface area contributed by atoms with Gasteiger partial charge in [0.1, 0.15) is 12.6 Å². The van der Waals surface area contributed by atoms with E-state index in [4.69, 9.17) is 5.11 Å². The summed E-state index contributed by atoms with van der Waals surface area (Å²) in [6, 6.07) is -0.831. The van der Waals surface area contributed by atoms with Crippen molar-refractivity contribution in [3.8, 4) is 0 Å².